The maximum Gasteiger partial charge on any atom is 0.276 e. The van der Waals surface area contributed by atoms with E-state index in [4.69, 9.17) is 46.4 Å². The molecule has 0 saturated carbocycles. The van der Waals surface area contributed by atoms with Crippen LogP contribution in [0, 0.1) is 0 Å². The zero-order valence-electron chi connectivity index (χ0n) is 9.77. The molecule has 0 radical (unpaired) electrons. The van der Waals surface area contributed by atoms with Gasteiger partial charge in [0.05, 0.1) is 10.7 Å². The highest BCUT2D eigenvalue weighted by atomic mass is 35.6. The molecule has 0 aliphatic rings. The summed E-state index contributed by atoms with van der Waals surface area (Å²) in [5, 5.41) is 5.25. The second-order valence-electron chi connectivity index (χ2n) is 3.55. The van der Waals surface area contributed by atoms with Gasteiger partial charge in [-0.3, -0.25) is 9.59 Å². The largest absolute Gasteiger partial charge is 0.326 e. The van der Waals surface area contributed by atoms with Crippen LogP contribution in [0.15, 0.2) is 18.2 Å². The molecule has 104 valence electrons. The lowest BCUT2D eigenvalue weighted by Gasteiger charge is -2.13. The molecule has 8 heteroatoms. The lowest BCUT2D eigenvalue weighted by atomic mass is 10.2. The highest BCUT2D eigenvalue weighted by Gasteiger charge is 2.31. The van der Waals surface area contributed by atoms with E-state index in [-0.39, 0.29) is 16.6 Å². The fraction of sp³-hybridized carbons (Fsp3) is 0.273. The van der Waals surface area contributed by atoms with Gasteiger partial charge in [-0.25, -0.2) is 0 Å². The fourth-order valence-corrected chi connectivity index (χ4v) is 1.45. The van der Waals surface area contributed by atoms with Gasteiger partial charge in [-0.2, -0.15) is 0 Å². The molecule has 0 bridgehead atoms. The quantitative estimate of drug-likeness (QED) is 0.815. The predicted molar refractivity (Wildman–Crippen MR) is 79.3 cm³/mol. The van der Waals surface area contributed by atoms with Crippen molar-refractivity contribution < 1.29 is 9.59 Å². The number of carbonyl (C=O) groups excluding carboxylic acids is 2. The summed E-state index contributed by atoms with van der Waals surface area (Å²) in [7, 11) is 0. The van der Waals surface area contributed by atoms with Crippen LogP contribution < -0.4 is 10.6 Å². The molecule has 0 aromatic heterocycles. The molecule has 1 aromatic rings. The zero-order chi connectivity index (χ0) is 14.6. The van der Waals surface area contributed by atoms with Gasteiger partial charge in [0.25, 0.3) is 9.70 Å². The second-order valence-corrected chi connectivity index (χ2v) is 6.24. The van der Waals surface area contributed by atoms with E-state index < -0.39 is 9.70 Å². The van der Waals surface area contributed by atoms with Gasteiger partial charge in [-0.15, -0.1) is 0 Å². The summed E-state index contributed by atoms with van der Waals surface area (Å²) < 4.78 is -2.09. The third kappa shape index (κ3) is 5.07. The molecule has 0 saturated heterocycles. The number of halogens is 4. The van der Waals surface area contributed by atoms with Crippen molar-refractivity contribution in [2.24, 2.45) is 0 Å². The van der Waals surface area contributed by atoms with Crippen molar-refractivity contribution >= 4 is 69.6 Å². The van der Waals surface area contributed by atoms with Crippen LogP contribution in [0.3, 0.4) is 0 Å². The molecule has 0 spiro atoms. The van der Waals surface area contributed by atoms with Crippen LogP contribution >= 0.6 is 46.4 Å². The van der Waals surface area contributed by atoms with Crippen molar-refractivity contribution in [3.05, 3.63) is 23.2 Å². The zero-order valence-corrected chi connectivity index (χ0v) is 12.8. The minimum absolute atomic E-state index is 0.166. The van der Waals surface area contributed by atoms with E-state index in [2.05, 4.69) is 10.6 Å². The molecule has 0 unspecified atom stereocenters. The van der Waals surface area contributed by atoms with E-state index in [1.807, 2.05) is 0 Å². The Morgan fingerprint density at radius 3 is 2.37 bits per heavy atom. The third-order valence-electron chi connectivity index (χ3n) is 2.08. The predicted octanol–water partition coefficient (Wildman–Crippen LogP) is 4.00. The van der Waals surface area contributed by atoms with Crippen LogP contribution in [0.1, 0.15) is 13.3 Å². The van der Waals surface area contributed by atoms with Crippen LogP contribution in [0.2, 0.25) is 5.02 Å². The van der Waals surface area contributed by atoms with Crippen molar-refractivity contribution in [2.75, 3.05) is 10.6 Å². The van der Waals surface area contributed by atoms with Crippen LogP contribution in [-0.4, -0.2) is 15.6 Å². The Labute approximate surface area is 130 Å². The highest BCUT2D eigenvalue weighted by molar-refractivity contribution is 6.76. The molecule has 0 aliphatic carbocycles. The van der Waals surface area contributed by atoms with Gasteiger partial charge in [0.2, 0.25) is 5.91 Å². The summed E-state index contributed by atoms with van der Waals surface area (Å²) in [6.07, 6.45) is 0.332. The average Bonchev–Trinajstić information content (AvgIpc) is 2.32. The van der Waals surface area contributed by atoms with Crippen molar-refractivity contribution in [3.63, 3.8) is 0 Å². The number of anilines is 2. The van der Waals surface area contributed by atoms with Crippen molar-refractivity contribution in [1.29, 1.82) is 0 Å². The van der Waals surface area contributed by atoms with Crippen LogP contribution in [-0.2, 0) is 9.59 Å². The molecular formula is C11H10Cl4N2O2. The van der Waals surface area contributed by atoms with Gasteiger partial charge < -0.3 is 10.6 Å². The number of carbonyl (C=O) groups is 2. The summed E-state index contributed by atoms with van der Waals surface area (Å²) in [5.74, 6) is -1.00. The molecule has 2 N–H and O–H groups in total. The third-order valence-corrected chi connectivity index (χ3v) is 2.92. The maximum atomic E-state index is 11.5. The van der Waals surface area contributed by atoms with E-state index in [1.54, 1.807) is 13.0 Å². The minimum atomic E-state index is -2.09. The highest BCUT2D eigenvalue weighted by Crippen LogP contribution is 2.31. The summed E-state index contributed by atoms with van der Waals surface area (Å²) in [5.41, 5.74) is 0.725. The topological polar surface area (TPSA) is 58.2 Å². The molecule has 0 atom stereocenters. The number of rotatable bonds is 3. The molecule has 1 rings (SSSR count). The number of amides is 2. The van der Waals surface area contributed by atoms with Gasteiger partial charge >= 0.3 is 0 Å². The fourth-order valence-electron chi connectivity index (χ4n) is 1.14. The standard InChI is InChI=1S/C11H10Cl4N2O2/c1-2-9(18)16-6-3-4-7(12)8(5-6)17-10(19)11(13,14)15/h3-5H,2H2,1H3,(H,16,18)(H,17,19). The van der Waals surface area contributed by atoms with Crippen LogP contribution in [0.5, 0.6) is 0 Å². The lowest BCUT2D eigenvalue weighted by molar-refractivity contribution is -0.116. The van der Waals surface area contributed by atoms with E-state index in [0.717, 1.165) is 0 Å². The summed E-state index contributed by atoms with van der Waals surface area (Å²) in [6, 6.07) is 4.59. The van der Waals surface area contributed by atoms with Crippen LogP contribution in [0.4, 0.5) is 11.4 Å². The Morgan fingerprint density at radius 1 is 1.21 bits per heavy atom. The number of hydrogen-bond donors (Lipinski definition) is 2. The molecule has 19 heavy (non-hydrogen) atoms. The normalized spacial score (nSPS) is 11.0. The van der Waals surface area contributed by atoms with Gasteiger partial charge in [0.15, 0.2) is 0 Å². The number of hydrogen-bond acceptors (Lipinski definition) is 2. The van der Waals surface area contributed by atoms with Gasteiger partial charge in [0.1, 0.15) is 0 Å². The maximum absolute atomic E-state index is 11.5. The molecule has 4 nitrogen and oxygen atoms in total. The van der Waals surface area contributed by atoms with Gasteiger partial charge in [-0.1, -0.05) is 53.3 Å². The molecular weight excluding hydrogens is 334 g/mol. The monoisotopic (exact) mass is 342 g/mol. The number of alkyl halides is 3. The molecule has 0 heterocycles. The molecule has 1 aromatic carbocycles. The van der Waals surface area contributed by atoms with Gasteiger partial charge in [0, 0.05) is 12.1 Å². The van der Waals surface area contributed by atoms with E-state index in [0.29, 0.717) is 12.1 Å². The summed E-state index contributed by atoms with van der Waals surface area (Å²) >= 11 is 22.2. The molecule has 2 amide bonds. The van der Waals surface area contributed by atoms with E-state index >= 15 is 0 Å². The first-order valence-electron chi connectivity index (χ1n) is 5.21. The van der Waals surface area contributed by atoms with Crippen molar-refractivity contribution in [2.45, 2.75) is 17.1 Å². The molecule has 0 aliphatic heterocycles. The second kappa shape index (κ2) is 6.66. The first-order chi connectivity index (χ1) is 8.74. The van der Waals surface area contributed by atoms with Crippen LogP contribution in [0.25, 0.3) is 0 Å². The number of nitrogens with one attached hydrogen (secondary N) is 2. The average molecular weight is 344 g/mol. The summed E-state index contributed by atoms with van der Waals surface area (Å²) in [4.78, 5) is 22.8. The lowest BCUT2D eigenvalue weighted by Crippen LogP contribution is -2.27. The van der Waals surface area contributed by atoms with Crippen molar-refractivity contribution in [3.8, 4) is 0 Å². The Balaban J connectivity index is 2.92. The molecule has 0 fully saturated rings. The number of benzene rings is 1. The Hall–Kier alpha value is -0.680. The summed E-state index contributed by atoms with van der Waals surface area (Å²) in [6.45, 7) is 1.72. The Morgan fingerprint density at radius 2 is 1.84 bits per heavy atom. The first kappa shape index (κ1) is 16.4. The Kier molecular flexibility index (Phi) is 5.74. The van der Waals surface area contributed by atoms with E-state index in [1.165, 1.54) is 12.1 Å². The van der Waals surface area contributed by atoms with E-state index in [9.17, 15) is 9.59 Å². The smallest absolute Gasteiger partial charge is 0.276 e. The first-order valence-corrected chi connectivity index (χ1v) is 6.72. The SMILES string of the molecule is CCC(=O)Nc1ccc(Cl)c(NC(=O)C(Cl)(Cl)Cl)c1. The van der Waals surface area contributed by atoms with Crippen molar-refractivity contribution in [1.82, 2.24) is 0 Å². The minimum Gasteiger partial charge on any atom is -0.326 e. The van der Waals surface area contributed by atoms with Gasteiger partial charge in [-0.05, 0) is 18.2 Å². The Bertz CT molecular complexity index is 500.